The molecule has 1 heterocycles. The molecule has 1 aliphatic rings. The Labute approximate surface area is 158 Å². The Morgan fingerprint density at radius 1 is 0.962 bits per heavy atom. The van der Waals surface area contributed by atoms with Gasteiger partial charge in [-0.2, -0.15) is 0 Å². The van der Waals surface area contributed by atoms with Gasteiger partial charge in [0.25, 0.3) is 5.91 Å². The second-order valence-corrected chi connectivity index (χ2v) is 7.01. The molecule has 0 bridgehead atoms. The SMILES string of the molecule is O=C(Cc1ccc(Br)cc1F)N1CCN(C(=O)c2cccc(F)c2)CC1. The Kier molecular flexibility index (Phi) is 5.66. The number of carbonyl (C=O) groups is 2. The van der Waals surface area contributed by atoms with Crippen molar-refractivity contribution in [2.75, 3.05) is 26.2 Å². The highest BCUT2D eigenvalue weighted by Gasteiger charge is 2.25. The van der Waals surface area contributed by atoms with E-state index in [-0.39, 0.29) is 18.2 Å². The average molecular weight is 423 g/mol. The van der Waals surface area contributed by atoms with Crippen LogP contribution in [-0.4, -0.2) is 47.8 Å². The van der Waals surface area contributed by atoms with Crippen LogP contribution in [-0.2, 0) is 11.2 Å². The van der Waals surface area contributed by atoms with Crippen molar-refractivity contribution in [3.8, 4) is 0 Å². The van der Waals surface area contributed by atoms with Gasteiger partial charge >= 0.3 is 0 Å². The van der Waals surface area contributed by atoms with E-state index in [9.17, 15) is 18.4 Å². The summed E-state index contributed by atoms with van der Waals surface area (Å²) >= 11 is 3.19. The van der Waals surface area contributed by atoms with Gasteiger partial charge in [-0.05, 0) is 35.9 Å². The largest absolute Gasteiger partial charge is 0.339 e. The quantitative estimate of drug-likeness (QED) is 0.761. The summed E-state index contributed by atoms with van der Waals surface area (Å²) in [5.74, 6) is -1.31. The predicted molar refractivity (Wildman–Crippen MR) is 96.7 cm³/mol. The minimum absolute atomic E-state index is 0.0169. The molecule has 1 aliphatic heterocycles. The highest BCUT2D eigenvalue weighted by atomic mass is 79.9. The fourth-order valence-corrected chi connectivity index (χ4v) is 3.24. The molecule has 26 heavy (non-hydrogen) atoms. The van der Waals surface area contributed by atoms with Crippen molar-refractivity contribution < 1.29 is 18.4 Å². The van der Waals surface area contributed by atoms with Gasteiger partial charge in [0.1, 0.15) is 11.6 Å². The molecule has 4 nitrogen and oxygen atoms in total. The lowest BCUT2D eigenvalue weighted by atomic mass is 10.1. The van der Waals surface area contributed by atoms with Gasteiger partial charge in [-0.3, -0.25) is 9.59 Å². The molecule has 2 aromatic rings. The number of nitrogens with zero attached hydrogens (tertiary/aromatic N) is 2. The minimum Gasteiger partial charge on any atom is -0.339 e. The van der Waals surface area contributed by atoms with Crippen LogP contribution in [0.2, 0.25) is 0 Å². The maximum Gasteiger partial charge on any atom is 0.254 e. The van der Waals surface area contributed by atoms with E-state index < -0.39 is 11.6 Å². The van der Waals surface area contributed by atoms with Gasteiger partial charge in [0.15, 0.2) is 0 Å². The first-order chi connectivity index (χ1) is 12.4. The normalized spacial score (nSPS) is 14.4. The number of halogens is 3. The van der Waals surface area contributed by atoms with Crippen LogP contribution >= 0.6 is 15.9 Å². The number of hydrogen-bond acceptors (Lipinski definition) is 2. The molecule has 0 aliphatic carbocycles. The van der Waals surface area contributed by atoms with E-state index in [4.69, 9.17) is 0 Å². The maximum absolute atomic E-state index is 13.9. The van der Waals surface area contributed by atoms with E-state index in [0.29, 0.717) is 41.8 Å². The standard InChI is InChI=1S/C19H17BrF2N2O2/c20-15-5-4-13(17(22)12-15)11-18(25)23-6-8-24(9-7-23)19(26)14-2-1-3-16(21)10-14/h1-5,10,12H,6-9,11H2. The van der Waals surface area contributed by atoms with E-state index in [1.165, 1.54) is 24.3 Å². The van der Waals surface area contributed by atoms with Gasteiger partial charge in [0, 0.05) is 36.2 Å². The molecule has 7 heteroatoms. The van der Waals surface area contributed by atoms with Gasteiger partial charge in [0.2, 0.25) is 5.91 Å². The summed E-state index contributed by atoms with van der Waals surface area (Å²) < 4.78 is 27.8. The van der Waals surface area contributed by atoms with E-state index in [0.717, 1.165) is 0 Å². The van der Waals surface area contributed by atoms with Crippen LogP contribution < -0.4 is 0 Å². The molecular weight excluding hydrogens is 406 g/mol. The summed E-state index contributed by atoms with van der Waals surface area (Å²) in [6.45, 7) is 1.48. The number of carbonyl (C=O) groups excluding carboxylic acids is 2. The van der Waals surface area contributed by atoms with Crippen molar-refractivity contribution in [2.24, 2.45) is 0 Å². The molecule has 2 aromatic carbocycles. The Morgan fingerprint density at radius 3 is 2.31 bits per heavy atom. The molecule has 0 aromatic heterocycles. The number of piperazine rings is 1. The van der Waals surface area contributed by atoms with Crippen LogP contribution in [0.25, 0.3) is 0 Å². The number of amides is 2. The van der Waals surface area contributed by atoms with Gasteiger partial charge in [-0.1, -0.05) is 28.1 Å². The zero-order valence-corrected chi connectivity index (χ0v) is 15.5. The van der Waals surface area contributed by atoms with Crippen molar-refractivity contribution in [3.63, 3.8) is 0 Å². The van der Waals surface area contributed by atoms with Crippen LogP contribution in [0.3, 0.4) is 0 Å². The molecule has 1 saturated heterocycles. The van der Waals surface area contributed by atoms with Crippen molar-refractivity contribution >= 4 is 27.7 Å². The van der Waals surface area contributed by atoms with E-state index >= 15 is 0 Å². The molecule has 0 saturated carbocycles. The van der Waals surface area contributed by atoms with Gasteiger partial charge in [0.05, 0.1) is 6.42 Å². The molecule has 3 rings (SSSR count). The summed E-state index contributed by atoms with van der Waals surface area (Å²) in [4.78, 5) is 28.0. The molecule has 0 unspecified atom stereocenters. The van der Waals surface area contributed by atoms with Crippen molar-refractivity contribution in [3.05, 3.63) is 69.7 Å². The lowest BCUT2D eigenvalue weighted by molar-refractivity contribution is -0.132. The second kappa shape index (κ2) is 7.95. The molecule has 0 N–H and O–H groups in total. The predicted octanol–water partition coefficient (Wildman–Crippen LogP) is 3.25. The van der Waals surface area contributed by atoms with E-state index in [1.807, 2.05) is 0 Å². The zero-order chi connectivity index (χ0) is 18.7. The van der Waals surface area contributed by atoms with Crippen LogP contribution in [0.1, 0.15) is 15.9 Å². The Balaban J connectivity index is 1.57. The van der Waals surface area contributed by atoms with Crippen molar-refractivity contribution in [1.82, 2.24) is 9.80 Å². The number of benzene rings is 2. The van der Waals surface area contributed by atoms with Crippen molar-refractivity contribution in [1.29, 1.82) is 0 Å². The third-order valence-corrected chi connectivity index (χ3v) is 4.84. The lowest BCUT2D eigenvalue weighted by Crippen LogP contribution is -2.51. The molecule has 0 spiro atoms. The first kappa shape index (κ1) is 18.5. The number of hydrogen-bond donors (Lipinski definition) is 0. The summed E-state index contributed by atoms with van der Waals surface area (Å²) in [5, 5.41) is 0. The monoisotopic (exact) mass is 422 g/mol. The first-order valence-corrected chi connectivity index (χ1v) is 9.00. The highest BCUT2D eigenvalue weighted by Crippen LogP contribution is 2.17. The summed E-state index contributed by atoms with van der Waals surface area (Å²) in [5.41, 5.74) is 0.637. The Hall–Kier alpha value is -2.28. The molecular formula is C19H17BrF2N2O2. The van der Waals surface area contributed by atoms with E-state index in [2.05, 4.69) is 15.9 Å². The van der Waals surface area contributed by atoms with Crippen molar-refractivity contribution in [2.45, 2.75) is 6.42 Å². The first-order valence-electron chi connectivity index (χ1n) is 8.20. The summed E-state index contributed by atoms with van der Waals surface area (Å²) in [6.07, 6.45) is -0.0169. The summed E-state index contributed by atoms with van der Waals surface area (Å²) in [6, 6.07) is 10.2. The third-order valence-electron chi connectivity index (χ3n) is 4.35. The van der Waals surface area contributed by atoms with Gasteiger partial charge in [-0.25, -0.2) is 8.78 Å². The van der Waals surface area contributed by atoms with Gasteiger partial charge in [-0.15, -0.1) is 0 Å². The topological polar surface area (TPSA) is 40.6 Å². The second-order valence-electron chi connectivity index (χ2n) is 6.10. The van der Waals surface area contributed by atoms with E-state index in [1.54, 1.807) is 28.0 Å². The molecule has 2 amide bonds. The fourth-order valence-electron chi connectivity index (χ4n) is 2.90. The molecule has 0 atom stereocenters. The number of rotatable bonds is 3. The highest BCUT2D eigenvalue weighted by molar-refractivity contribution is 9.10. The zero-order valence-electron chi connectivity index (χ0n) is 13.9. The van der Waals surface area contributed by atoms with Gasteiger partial charge < -0.3 is 9.80 Å². The van der Waals surface area contributed by atoms with Crippen LogP contribution in [0, 0.1) is 11.6 Å². The minimum atomic E-state index is -0.457. The lowest BCUT2D eigenvalue weighted by Gasteiger charge is -2.35. The average Bonchev–Trinajstić information content (AvgIpc) is 2.63. The summed E-state index contributed by atoms with van der Waals surface area (Å²) in [7, 11) is 0. The van der Waals surface area contributed by atoms with Crippen LogP contribution in [0.4, 0.5) is 8.78 Å². The molecule has 1 fully saturated rings. The Morgan fingerprint density at radius 2 is 1.65 bits per heavy atom. The Bertz CT molecular complexity index is 836. The smallest absolute Gasteiger partial charge is 0.254 e. The molecule has 136 valence electrons. The third kappa shape index (κ3) is 4.27. The maximum atomic E-state index is 13.9. The molecule has 0 radical (unpaired) electrons. The van der Waals surface area contributed by atoms with Crippen LogP contribution in [0.15, 0.2) is 46.9 Å². The van der Waals surface area contributed by atoms with Crippen LogP contribution in [0.5, 0.6) is 0 Å². The fraction of sp³-hybridized carbons (Fsp3) is 0.263.